The normalized spacial score (nSPS) is 20.2. The standard InChI is InChI=1S/C21H21N3O3S/c1-12(21(26)27-2)18-17(14-7-3-4-8-15(14)23-18)19(25)16-11-28-20(24-16)13-6-5-9-22-10-13/h3-10,12,16,20,23-24H,11H2,1-2H3. The highest BCUT2D eigenvalue weighted by atomic mass is 32.2. The summed E-state index contributed by atoms with van der Waals surface area (Å²) in [6.07, 6.45) is 3.55. The van der Waals surface area contributed by atoms with Gasteiger partial charge in [-0.1, -0.05) is 24.3 Å². The number of hydrogen-bond donors (Lipinski definition) is 2. The van der Waals surface area contributed by atoms with Crippen molar-refractivity contribution in [3.63, 3.8) is 0 Å². The van der Waals surface area contributed by atoms with Crippen LogP contribution in [-0.2, 0) is 9.53 Å². The van der Waals surface area contributed by atoms with Gasteiger partial charge >= 0.3 is 5.97 Å². The smallest absolute Gasteiger partial charge is 0.314 e. The quantitative estimate of drug-likeness (QED) is 0.509. The Kier molecular flexibility index (Phi) is 5.19. The van der Waals surface area contributed by atoms with Crippen LogP contribution < -0.4 is 5.32 Å². The van der Waals surface area contributed by atoms with Crippen LogP contribution in [0.1, 0.15) is 39.8 Å². The molecule has 0 radical (unpaired) electrons. The van der Waals surface area contributed by atoms with Gasteiger partial charge in [0, 0.05) is 40.3 Å². The summed E-state index contributed by atoms with van der Waals surface area (Å²) in [7, 11) is 1.36. The number of nitrogens with zero attached hydrogens (tertiary/aromatic N) is 1. The van der Waals surface area contributed by atoms with Crippen molar-refractivity contribution < 1.29 is 14.3 Å². The number of H-pyrrole nitrogens is 1. The molecular formula is C21H21N3O3S. The molecule has 3 atom stereocenters. The number of aromatic nitrogens is 2. The molecule has 1 fully saturated rings. The zero-order valence-electron chi connectivity index (χ0n) is 15.6. The van der Waals surface area contributed by atoms with Gasteiger partial charge in [-0.25, -0.2) is 0 Å². The fourth-order valence-electron chi connectivity index (χ4n) is 3.57. The number of hydrogen-bond acceptors (Lipinski definition) is 6. The molecule has 0 spiro atoms. The largest absolute Gasteiger partial charge is 0.469 e. The van der Waals surface area contributed by atoms with E-state index in [0.717, 1.165) is 16.5 Å². The van der Waals surface area contributed by atoms with Crippen molar-refractivity contribution in [2.75, 3.05) is 12.9 Å². The summed E-state index contributed by atoms with van der Waals surface area (Å²) in [4.78, 5) is 33.0. The molecule has 0 bridgehead atoms. The molecule has 3 aromatic rings. The van der Waals surface area contributed by atoms with Gasteiger partial charge < -0.3 is 9.72 Å². The average molecular weight is 395 g/mol. The average Bonchev–Trinajstić information content (AvgIpc) is 3.38. The molecule has 7 heteroatoms. The number of thioether (sulfide) groups is 1. The number of Topliss-reactive ketones (excluding diaryl/α,β-unsaturated/α-hetero) is 1. The molecule has 1 saturated heterocycles. The molecule has 1 aliphatic heterocycles. The number of carbonyl (C=O) groups is 2. The predicted molar refractivity (Wildman–Crippen MR) is 109 cm³/mol. The fourth-order valence-corrected chi connectivity index (χ4v) is 4.79. The molecule has 1 aromatic carbocycles. The van der Waals surface area contributed by atoms with E-state index in [2.05, 4.69) is 15.3 Å². The molecule has 1 aliphatic rings. The Hall–Kier alpha value is -2.64. The van der Waals surface area contributed by atoms with E-state index in [1.54, 1.807) is 24.9 Å². The summed E-state index contributed by atoms with van der Waals surface area (Å²) >= 11 is 1.69. The maximum Gasteiger partial charge on any atom is 0.314 e. The minimum Gasteiger partial charge on any atom is -0.469 e. The summed E-state index contributed by atoms with van der Waals surface area (Å²) < 4.78 is 4.90. The van der Waals surface area contributed by atoms with E-state index in [0.29, 0.717) is 17.0 Å². The second kappa shape index (κ2) is 7.77. The number of benzene rings is 1. The van der Waals surface area contributed by atoms with Gasteiger partial charge in [0.2, 0.25) is 0 Å². The number of esters is 1. The summed E-state index contributed by atoms with van der Waals surface area (Å²) in [5, 5.41) is 4.26. The van der Waals surface area contributed by atoms with Crippen LogP contribution in [0.5, 0.6) is 0 Å². The maximum absolute atomic E-state index is 13.5. The Bertz CT molecular complexity index is 1020. The highest BCUT2D eigenvalue weighted by molar-refractivity contribution is 7.99. The molecule has 0 aliphatic carbocycles. The number of nitrogens with one attached hydrogen (secondary N) is 2. The van der Waals surface area contributed by atoms with Crippen LogP contribution in [0.3, 0.4) is 0 Å². The molecule has 0 saturated carbocycles. The molecule has 0 amide bonds. The summed E-state index contributed by atoms with van der Waals surface area (Å²) in [6.45, 7) is 1.75. The summed E-state index contributed by atoms with van der Waals surface area (Å²) in [5.41, 5.74) is 3.06. The number of rotatable bonds is 5. The van der Waals surface area contributed by atoms with E-state index in [-0.39, 0.29) is 23.2 Å². The first kappa shape index (κ1) is 18.7. The number of pyridine rings is 1. The number of para-hydroxylation sites is 1. The molecule has 2 N–H and O–H groups in total. The van der Waals surface area contributed by atoms with Crippen LogP contribution >= 0.6 is 11.8 Å². The van der Waals surface area contributed by atoms with Gasteiger partial charge in [0.1, 0.15) is 0 Å². The third-order valence-corrected chi connectivity index (χ3v) is 6.32. The van der Waals surface area contributed by atoms with E-state index in [9.17, 15) is 9.59 Å². The highest BCUT2D eigenvalue weighted by Crippen LogP contribution is 2.36. The molecule has 3 heterocycles. The Balaban J connectivity index is 1.68. The molecule has 6 nitrogen and oxygen atoms in total. The number of fused-ring (bicyclic) bond motifs is 1. The van der Waals surface area contributed by atoms with Gasteiger partial charge in [-0.05, 0) is 24.6 Å². The fraction of sp³-hybridized carbons (Fsp3) is 0.286. The first-order valence-corrected chi connectivity index (χ1v) is 10.1. The molecule has 3 unspecified atom stereocenters. The van der Waals surface area contributed by atoms with Gasteiger partial charge in [-0.15, -0.1) is 11.8 Å². The van der Waals surface area contributed by atoms with Gasteiger partial charge in [0.15, 0.2) is 5.78 Å². The minimum atomic E-state index is -0.556. The van der Waals surface area contributed by atoms with Crippen molar-refractivity contribution in [1.82, 2.24) is 15.3 Å². The summed E-state index contributed by atoms with van der Waals surface area (Å²) in [6, 6.07) is 11.2. The third-order valence-electron chi connectivity index (χ3n) is 5.05. The van der Waals surface area contributed by atoms with Crippen LogP contribution in [0.4, 0.5) is 0 Å². The Morgan fingerprint density at radius 1 is 1.25 bits per heavy atom. The van der Waals surface area contributed by atoms with Crippen molar-refractivity contribution in [2.45, 2.75) is 24.3 Å². The van der Waals surface area contributed by atoms with Crippen LogP contribution in [0.2, 0.25) is 0 Å². The lowest BCUT2D eigenvalue weighted by atomic mass is 9.96. The van der Waals surface area contributed by atoms with E-state index in [1.807, 2.05) is 42.6 Å². The lowest BCUT2D eigenvalue weighted by Crippen LogP contribution is -2.35. The maximum atomic E-state index is 13.5. The first-order chi connectivity index (χ1) is 13.6. The first-order valence-electron chi connectivity index (χ1n) is 9.10. The number of ether oxygens (including phenoxy) is 1. The van der Waals surface area contributed by atoms with E-state index in [1.165, 1.54) is 7.11 Å². The second-order valence-electron chi connectivity index (χ2n) is 6.79. The third kappa shape index (κ3) is 3.31. The number of carbonyl (C=O) groups excluding carboxylic acids is 2. The van der Waals surface area contributed by atoms with E-state index < -0.39 is 5.92 Å². The van der Waals surface area contributed by atoms with Gasteiger partial charge in [-0.2, -0.15) is 0 Å². The Morgan fingerprint density at radius 3 is 2.82 bits per heavy atom. The predicted octanol–water partition coefficient (Wildman–Crippen LogP) is 3.43. The Labute approximate surface area is 167 Å². The van der Waals surface area contributed by atoms with Crippen molar-refractivity contribution in [3.05, 3.63) is 65.6 Å². The molecule has 144 valence electrons. The SMILES string of the molecule is COC(=O)C(C)c1[nH]c2ccccc2c1C(=O)C1CSC(c2cccnc2)N1. The van der Waals surface area contributed by atoms with Crippen LogP contribution in [-0.4, -0.2) is 40.6 Å². The zero-order valence-corrected chi connectivity index (χ0v) is 16.5. The van der Waals surface area contributed by atoms with Crippen LogP contribution in [0.15, 0.2) is 48.8 Å². The topological polar surface area (TPSA) is 84.1 Å². The van der Waals surface area contributed by atoms with Crippen molar-refractivity contribution in [1.29, 1.82) is 0 Å². The van der Waals surface area contributed by atoms with Crippen molar-refractivity contribution in [2.24, 2.45) is 0 Å². The van der Waals surface area contributed by atoms with Crippen molar-refractivity contribution in [3.8, 4) is 0 Å². The number of aromatic amines is 1. The van der Waals surface area contributed by atoms with Crippen LogP contribution in [0.25, 0.3) is 10.9 Å². The van der Waals surface area contributed by atoms with Crippen molar-refractivity contribution >= 4 is 34.4 Å². The second-order valence-corrected chi connectivity index (χ2v) is 7.93. The molecule has 28 heavy (non-hydrogen) atoms. The van der Waals surface area contributed by atoms with E-state index >= 15 is 0 Å². The highest BCUT2D eigenvalue weighted by Gasteiger charge is 2.35. The molecule has 4 rings (SSSR count). The molecular weight excluding hydrogens is 374 g/mol. The lowest BCUT2D eigenvalue weighted by molar-refractivity contribution is -0.142. The number of methoxy groups -OCH3 is 1. The zero-order chi connectivity index (χ0) is 19.7. The van der Waals surface area contributed by atoms with Gasteiger partial charge in [0.25, 0.3) is 0 Å². The monoisotopic (exact) mass is 395 g/mol. The lowest BCUT2D eigenvalue weighted by Gasteiger charge is -2.15. The van der Waals surface area contributed by atoms with Crippen LogP contribution in [0, 0.1) is 0 Å². The van der Waals surface area contributed by atoms with E-state index in [4.69, 9.17) is 4.74 Å². The van der Waals surface area contributed by atoms with Gasteiger partial charge in [0.05, 0.1) is 24.4 Å². The van der Waals surface area contributed by atoms with Gasteiger partial charge in [-0.3, -0.25) is 19.9 Å². The molecule has 2 aromatic heterocycles. The number of ketones is 1. The summed E-state index contributed by atoms with van der Waals surface area (Å²) in [5.74, 6) is -0.284. The minimum absolute atomic E-state index is 0.0120. The Morgan fingerprint density at radius 2 is 2.07 bits per heavy atom.